The highest BCUT2D eigenvalue weighted by atomic mass is 32.1. The minimum Gasteiger partial charge on any atom is -0.493 e. The number of hydrogen-bond acceptors (Lipinski definition) is 7. The number of carbonyl (C=O) groups excluding carboxylic acids is 1. The number of nitrogens with one attached hydrogen (secondary N) is 1. The third kappa shape index (κ3) is 7.53. The number of nitrogens with two attached hydrogens (primary N) is 1. The molecule has 0 bridgehead atoms. The molecule has 0 aliphatic carbocycles. The Morgan fingerprint density at radius 1 is 1.32 bits per heavy atom. The number of aromatic nitrogens is 1. The van der Waals surface area contributed by atoms with E-state index in [0.717, 1.165) is 28.9 Å². The van der Waals surface area contributed by atoms with Crippen LogP contribution in [0.4, 0.5) is 0 Å². The van der Waals surface area contributed by atoms with E-state index in [1.807, 2.05) is 6.92 Å². The Morgan fingerprint density at radius 2 is 2.00 bits per heavy atom. The zero-order chi connectivity index (χ0) is 21.1. The van der Waals surface area contributed by atoms with Gasteiger partial charge in [0.05, 0.1) is 24.4 Å². The van der Waals surface area contributed by atoms with Gasteiger partial charge in [0.2, 0.25) is 0 Å². The molecule has 1 aromatic heterocycles. The Kier molecular flexibility index (Phi) is 9.97. The molecule has 0 fully saturated rings. The van der Waals surface area contributed by atoms with Gasteiger partial charge >= 0.3 is 0 Å². The summed E-state index contributed by atoms with van der Waals surface area (Å²) in [5.41, 5.74) is 6.94. The lowest BCUT2D eigenvalue weighted by atomic mass is 10.2. The molecule has 0 spiro atoms. The fraction of sp³-hybridized carbons (Fsp3) is 0.421. The van der Waals surface area contributed by atoms with Crippen molar-refractivity contribution in [3.8, 4) is 11.5 Å². The lowest BCUT2D eigenvalue weighted by Gasteiger charge is -2.12. The second-order valence-corrected chi connectivity index (χ2v) is 6.84. The first-order valence-electron chi connectivity index (χ1n) is 8.76. The van der Waals surface area contributed by atoms with E-state index in [2.05, 4.69) is 17.2 Å². The van der Waals surface area contributed by atoms with Crippen LogP contribution < -0.4 is 20.5 Å². The van der Waals surface area contributed by atoms with Crippen LogP contribution in [-0.4, -0.2) is 42.2 Å². The van der Waals surface area contributed by atoms with Crippen molar-refractivity contribution in [2.24, 2.45) is 5.73 Å². The van der Waals surface area contributed by atoms with Gasteiger partial charge in [-0.1, -0.05) is 6.92 Å². The van der Waals surface area contributed by atoms with E-state index >= 15 is 0 Å². The second-order valence-electron chi connectivity index (χ2n) is 5.67. The molecule has 9 heteroatoms. The number of carboxylic acid groups (broad SMARTS) is 1. The number of hydrogen-bond donors (Lipinski definition) is 3. The molecule has 0 unspecified atom stereocenters. The van der Waals surface area contributed by atoms with Crippen LogP contribution in [0.5, 0.6) is 11.5 Å². The molecule has 1 amide bonds. The summed E-state index contributed by atoms with van der Waals surface area (Å²) < 4.78 is 10.8. The molecule has 0 aliphatic heterocycles. The smallest absolute Gasteiger partial charge is 0.300 e. The normalized spacial score (nSPS) is 9.89. The number of aryl methyl sites for hydroxylation is 2. The van der Waals surface area contributed by atoms with Crippen molar-refractivity contribution in [2.75, 3.05) is 20.3 Å². The van der Waals surface area contributed by atoms with Gasteiger partial charge in [-0.2, -0.15) is 0 Å². The second kappa shape index (κ2) is 11.9. The molecule has 1 aromatic carbocycles. The van der Waals surface area contributed by atoms with Crippen LogP contribution in [-0.2, 0) is 17.8 Å². The van der Waals surface area contributed by atoms with Crippen LogP contribution in [0.1, 0.15) is 39.8 Å². The molecule has 0 saturated heterocycles. The quantitative estimate of drug-likeness (QED) is 0.611. The summed E-state index contributed by atoms with van der Waals surface area (Å²) in [7, 11) is 1.56. The zero-order valence-corrected chi connectivity index (χ0v) is 17.4. The number of carboxylic acids is 1. The number of amides is 1. The molecule has 0 saturated carbocycles. The molecule has 1 heterocycles. The molecular weight excluding hydrogens is 382 g/mol. The van der Waals surface area contributed by atoms with Gasteiger partial charge in [0, 0.05) is 23.9 Å². The summed E-state index contributed by atoms with van der Waals surface area (Å²) in [6, 6.07) is 5.09. The molecule has 0 atom stereocenters. The number of nitrogens with zero attached hydrogens (tertiary/aromatic N) is 1. The van der Waals surface area contributed by atoms with Crippen LogP contribution >= 0.6 is 11.3 Å². The molecule has 0 radical (unpaired) electrons. The fourth-order valence-corrected chi connectivity index (χ4v) is 3.11. The molecule has 154 valence electrons. The minimum absolute atomic E-state index is 0.166. The van der Waals surface area contributed by atoms with Crippen LogP contribution in [0, 0.1) is 6.92 Å². The molecule has 2 aromatic rings. The van der Waals surface area contributed by atoms with Crippen LogP contribution in [0.15, 0.2) is 18.2 Å². The maximum Gasteiger partial charge on any atom is 0.300 e. The number of benzene rings is 1. The lowest BCUT2D eigenvalue weighted by Crippen LogP contribution is -2.22. The van der Waals surface area contributed by atoms with E-state index in [4.69, 9.17) is 25.1 Å². The summed E-state index contributed by atoms with van der Waals surface area (Å²) in [5.74, 6) is 0.0878. The van der Waals surface area contributed by atoms with E-state index in [-0.39, 0.29) is 5.91 Å². The average molecular weight is 410 g/mol. The number of rotatable bonds is 8. The molecular formula is C19H27N3O5S. The number of aliphatic carboxylic acids is 1. The molecule has 8 nitrogen and oxygen atoms in total. The van der Waals surface area contributed by atoms with Crippen LogP contribution in [0.2, 0.25) is 0 Å². The molecule has 28 heavy (non-hydrogen) atoms. The lowest BCUT2D eigenvalue weighted by molar-refractivity contribution is -0.134. The van der Waals surface area contributed by atoms with Gasteiger partial charge in [-0.05, 0) is 31.5 Å². The van der Waals surface area contributed by atoms with E-state index in [9.17, 15) is 4.79 Å². The molecule has 2 rings (SSSR count). The number of thiazole rings is 1. The van der Waals surface area contributed by atoms with Crippen molar-refractivity contribution in [2.45, 2.75) is 33.7 Å². The Hall–Kier alpha value is -2.65. The Balaban J connectivity index is 0.000000892. The van der Waals surface area contributed by atoms with Gasteiger partial charge < -0.3 is 25.6 Å². The zero-order valence-electron chi connectivity index (χ0n) is 16.6. The van der Waals surface area contributed by atoms with Gasteiger partial charge in [-0.3, -0.25) is 9.59 Å². The van der Waals surface area contributed by atoms with E-state index < -0.39 is 5.97 Å². The summed E-state index contributed by atoms with van der Waals surface area (Å²) in [6.07, 6.45) is 0.903. The SMILES string of the molecule is CC(=O)O.CCc1nc(C)c(CNC(=O)c2ccc(OC)c(OCCN)c2)s1. The molecule has 4 N–H and O–H groups in total. The Labute approximate surface area is 168 Å². The number of methoxy groups -OCH3 is 1. The number of carbonyl (C=O) groups is 2. The predicted molar refractivity (Wildman–Crippen MR) is 108 cm³/mol. The third-order valence-electron chi connectivity index (χ3n) is 3.45. The van der Waals surface area contributed by atoms with E-state index in [0.29, 0.717) is 36.8 Å². The highest BCUT2D eigenvalue weighted by Gasteiger charge is 2.13. The van der Waals surface area contributed by atoms with Gasteiger partial charge in [-0.25, -0.2) is 4.98 Å². The van der Waals surface area contributed by atoms with Crippen LogP contribution in [0.25, 0.3) is 0 Å². The van der Waals surface area contributed by atoms with Crippen molar-refractivity contribution in [1.82, 2.24) is 10.3 Å². The van der Waals surface area contributed by atoms with Crippen molar-refractivity contribution in [3.05, 3.63) is 39.3 Å². The topological polar surface area (TPSA) is 124 Å². The first-order chi connectivity index (χ1) is 13.3. The first-order valence-corrected chi connectivity index (χ1v) is 9.57. The first kappa shape index (κ1) is 23.4. The van der Waals surface area contributed by atoms with Crippen molar-refractivity contribution >= 4 is 23.2 Å². The highest BCUT2D eigenvalue weighted by Crippen LogP contribution is 2.28. The Bertz CT molecular complexity index is 788. The third-order valence-corrected chi connectivity index (χ3v) is 4.75. The minimum atomic E-state index is -0.833. The van der Waals surface area contributed by atoms with Crippen molar-refractivity contribution in [1.29, 1.82) is 0 Å². The monoisotopic (exact) mass is 409 g/mol. The molecule has 0 aliphatic rings. The van der Waals surface area contributed by atoms with Gasteiger partial charge in [0.1, 0.15) is 6.61 Å². The number of ether oxygens (including phenoxy) is 2. The predicted octanol–water partition coefficient (Wildman–Crippen LogP) is 2.38. The van der Waals surface area contributed by atoms with Crippen molar-refractivity contribution in [3.63, 3.8) is 0 Å². The average Bonchev–Trinajstić information content (AvgIpc) is 3.03. The van der Waals surface area contributed by atoms with Gasteiger partial charge in [0.25, 0.3) is 11.9 Å². The van der Waals surface area contributed by atoms with E-state index in [1.54, 1.807) is 36.6 Å². The summed E-state index contributed by atoms with van der Waals surface area (Å²) in [6.45, 7) is 6.34. The maximum absolute atomic E-state index is 12.4. The standard InChI is InChI=1S/C17H23N3O3S.C2H4O2/c1-4-16-20-11(2)15(24-16)10-19-17(21)12-5-6-13(22-3)14(9-12)23-8-7-18;1-2(3)4/h5-6,9H,4,7-8,10,18H2,1-3H3,(H,19,21);1H3,(H,3,4). The maximum atomic E-state index is 12.4. The summed E-state index contributed by atoms with van der Waals surface area (Å²) >= 11 is 1.63. The fourth-order valence-electron chi connectivity index (χ4n) is 2.17. The highest BCUT2D eigenvalue weighted by molar-refractivity contribution is 7.11. The van der Waals surface area contributed by atoms with Gasteiger partial charge in [0.15, 0.2) is 11.5 Å². The summed E-state index contributed by atoms with van der Waals surface area (Å²) in [4.78, 5) is 26.9. The van der Waals surface area contributed by atoms with Gasteiger partial charge in [-0.15, -0.1) is 11.3 Å². The van der Waals surface area contributed by atoms with E-state index in [1.165, 1.54) is 0 Å². The Morgan fingerprint density at radius 3 is 2.54 bits per heavy atom. The summed E-state index contributed by atoms with van der Waals surface area (Å²) in [5, 5.41) is 11.4. The largest absolute Gasteiger partial charge is 0.493 e. The van der Waals surface area contributed by atoms with Crippen molar-refractivity contribution < 1.29 is 24.2 Å². The van der Waals surface area contributed by atoms with Crippen LogP contribution in [0.3, 0.4) is 0 Å².